The zero-order valence-corrected chi connectivity index (χ0v) is 12.8. The van der Waals surface area contributed by atoms with Gasteiger partial charge in [0.25, 0.3) is 0 Å². The highest BCUT2D eigenvalue weighted by Gasteiger charge is 2.48. The number of carbonyl (C=O) groups is 1. The molecule has 0 atom stereocenters. The summed E-state index contributed by atoms with van der Waals surface area (Å²) in [5.74, 6) is -0.671. The monoisotopic (exact) mass is 360 g/mol. The lowest BCUT2D eigenvalue weighted by Gasteiger charge is -2.12. The smallest absolute Gasteiger partial charge is 0.489 e. The van der Waals surface area contributed by atoms with Gasteiger partial charge in [0, 0.05) is 11.6 Å². The minimum atomic E-state index is -5.83. The SMILES string of the molecule is O=Cc1cc(OCc2ccccc2)cc(OS(=O)(=O)C(F)(F)F)c1. The Labute approximate surface area is 135 Å². The van der Waals surface area contributed by atoms with Gasteiger partial charge in [-0.05, 0) is 17.7 Å². The van der Waals surface area contributed by atoms with Crippen LogP contribution in [0.1, 0.15) is 15.9 Å². The zero-order valence-electron chi connectivity index (χ0n) is 12.0. The highest BCUT2D eigenvalue weighted by molar-refractivity contribution is 7.88. The fraction of sp³-hybridized carbons (Fsp3) is 0.133. The molecule has 0 aromatic heterocycles. The van der Waals surface area contributed by atoms with Crippen molar-refractivity contribution in [2.75, 3.05) is 0 Å². The molecule has 9 heteroatoms. The third kappa shape index (κ3) is 4.48. The maximum Gasteiger partial charge on any atom is 0.534 e. The van der Waals surface area contributed by atoms with Gasteiger partial charge in [0.15, 0.2) is 0 Å². The first-order valence-electron chi connectivity index (χ1n) is 6.49. The third-order valence-corrected chi connectivity index (χ3v) is 3.75. The Morgan fingerprint density at radius 3 is 2.21 bits per heavy atom. The van der Waals surface area contributed by atoms with Gasteiger partial charge in [-0.3, -0.25) is 4.79 Å². The number of benzene rings is 2. The Kier molecular flexibility index (Phi) is 5.13. The standard InChI is InChI=1S/C15H11F3O5S/c16-15(17,18)24(20,21)23-14-7-12(9-19)6-13(8-14)22-10-11-4-2-1-3-5-11/h1-9H,10H2. The van der Waals surface area contributed by atoms with E-state index in [2.05, 4.69) is 4.18 Å². The number of carbonyl (C=O) groups excluding carboxylic acids is 1. The molecule has 0 spiro atoms. The minimum absolute atomic E-state index is 0.00386. The molecule has 128 valence electrons. The summed E-state index contributed by atoms with van der Waals surface area (Å²) in [7, 11) is -5.83. The molecule has 2 aromatic carbocycles. The van der Waals surface area contributed by atoms with E-state index in [0.29, 0.717) is 6.29 Å². The van der Waals surface area contributed by atoms with Gasteiger partial charge in [-0.15, -0.1) is 0 Å². The van der Waals surface area contributed by atoms with E-state index in [9.17, 15) is 26.4 Å². The molecule has 0 bridgehead atoms. The van der Waals surface area contributed by atoms with E-state index >= 15 is 0 Å². The average Bonchev–Trinajstić information content (AvgIpc) is 2.52. The van der Waals surface area contributed by atoms with Crippen LogP contribution in [0, 0.1) is 0 Å². The van der Waals surface area contributed by atoms with Crippen molar-refractivity contribution in [3.05, 3.63) is 59.7 Å². The maximum absolute atomic E-state index is 12.4. The van der Waals surface area contributed by atoms with Crippen LogP contribution in [0.3, 0.4) is 0 Å². The first-order valence-corrected chi connectivity index (χ1v) is 7.90. The molecule has 2 rings (SSSR count). The molecule has 5 nitrogen and oxygen atoms in total. The molecule has 0 heterocycles. The molecule has 0 unspecified atom stereocenters. The van der Waals surface area contributed by atoms with Crippen molar-refractivity contribution in [2.45, 2.75) is 12.1 Å². The molecule has 2 aromatic rings. The Morgan fingerprint density at radius 1 is 1.00 bits per heavy atom. The second kappa shape index (κ2) is 6.91. The molecule has 0 saturated carbocycles. The lowest BCUT2D eigenvalue weighted by Crippen LogP contribution is -2.28. The van der Waals surface area contributed by atoms with Crippen LogP contribution >= 0.6 is 0 Å². The van der Waals surface area contributed by atoms with E-state index in [1.807, 2.05) is 0 Å². The highest BCUT2D eigenvalue weighted by Crippen LogP contribution is 2.30. The van der Waals surface area contributed by atoms with Crippen molar-refractivity contribution in [2.24, 2.45) is 0 Å². The molecule has 0 radical (unpaired) electrons. The lowest BCUT2D eigenvalue weighted by molar-refractivity contribution is -0.0500. The summed E-state index contributed by atoms with van der Waals surface area (Å²) in [6, 6.07) is 11.9. The summed E-state index contributed by atoms with van der Waals surface area (Å²) >= 11 is 0. The van der Waals surface area contributed by atoms with E-state index in [1.165, 1.54) is 6.07 Å². The average molecular weight is 360 g/mol. The Bertz CT molecular complexity index is 817. The fourth-order valence-electron chi connectivity index (χ4n) is 1.71. The summed E-state index contributed by atoms with van der Waals surface area (Å²) in [6.07, 6.45) is 0.336. The van der Waals surface area contributed by atoms with Crippen LogP contribution in [-0.4, -0.2) is 20.2 Å². The van der Waals surface area contributed by atoms with E-state index in [1.54, 1.807) is 30.3 Å². The van der Waals surface area contributed by atoms with Gasteiger partial charge in [0.05, 0.1) is 0 Å². The largest absolute Gasteiger partial charge is 0.534 e. The van der Waals surface area contributed by atoms with Gasteiger partial charge >= 0.3 is 15.6 Å². The van der Waals surface area contributed by atoms with Gasteiger partial charge in [-0.25, -0.2) is 0 Å². The van der Waals surface area contributed by atoms with Crippen LogP contribution in [0.4, 0.5) is 13.2 Å². The van der Waals surface area contributed by atoms with Crippen molar-refractivity contribution in [1.82, 2.24) is 0 Å². The fourth-order valence-corrected chi connectivity index (χ4v) is 2.15. The lowest BCUT2D eigenvalue weighted by atomic mass is 10.2. The van der Waals surface area contributed by atoms with Crippen molar-refractivity contribution in [3.8, 4) is 11.5 Å². The van der Waals surface area contributed by atoms with Crippen molar-refractivity contribution < 1.29 is 35.3 Å². The zero-order chi connectivity index (χ0) is 17.8. The Balaban J connectivity index is 2.23. The third-order valence-electron chi connectivity index (χ3n) is 2.78. The van der Waals surface area contributed by atoms with Crippen LogP contribution in [0.5, 0.6) is 11.5 Å². The van der Waals surface area contributed by atoms with Crippen LogP contribution < -0.4 is 8.92 Å². The topological polar surface area (TPSA) is 69.7 Å². The predicted octanol–water partition coefficient (Wildman–Crippen LogP) is 3.31. The number of rotatable bonds is 6. The summed E-state index contributed by atoms with van der Waals surface area (Å²) in [4.78, 5) is 10.9. The Hall–Kier alpha value is -2.55. The van der Waals surface area contributed by atoms with Crippen molar-refractivity contribution in [1.29, 1.82) is 0 Å². The first-order chi connectivity index (χ1) is 11.2. The van der Waals surface area contributed by atoms with E-state index < -0.39 is 21.4 Å². The molecule has 0 amide bonds. The number of halogens is 3. The highest BCUT2D eigenvalue weighted by atomic mass is 32.2. The maximum atomic E-state index is 12.4. The second-order valence-electron chi connectivity index (χ2n) is 4.61. The summed E-state index contributed by atoms with van der Waals surface area (Å²) in [6.45, 7) is 0.0780. The van der Waals surface area contributed by atoms with Crippen LogP contribution in [-0.2, 0) is 16.7 Å². The van der Waals surface area contributed by atoms with Crippen molar-refractivity contribution >= 4 is 16.4 Å². The van der Waals surface area contributed by atoms with Gasteiger partial charge in [-0.2, -0.15) is 21.6 Å². The second-order valence-corrected chi connectivity index (χ2v) is 6.15. The van der Waals surface area contributed by atoms with Crippen LogP contribution in [0.25, 0.3) is 0 Å². The van der Waals surface area contributed by atoms with E-state index in [4.69, 9.17) is 4.74 Å². The van der Waals surface area contributed by atoms with Gasteiger partial charge in [0.1, 0.15) is 24.4 Å². The van der Waals surface area contributed by atoms with Crippen LogP contribution in [0.15, 0.2) is 48.5 Å². The summed E-state index contributed by atoms with van der Waals surface area (Å²) < 4.78 is 68.5. The number of hydrogen-bond acceptors (Lipinski definition) is 5. The van der Waals surface area contributed by atoms with Crippen molar-refractivity contribution in [3.63, 3.8) is 0 Å². The Morgan fingerprint density at radius 2 is 1.62 bits per heavy atom. The number of ether oxygens (including phenoxy) is 1. The molecular weight excluding hydrogens is 349 g/mol. The quantitative estimate of drug-likeness (QED) is 0.449. The molecular formula is C15H11F3O5S. The molecule has 0 aliphatic carbocycles. The first kappa shape index (κ1) is 17.8. The molecule has 0 saturated heterocycles. The number of hydrogen-bond donors (Lipinski definition) is 0. The summed E-state index contributed by atoms with van der Waals surface area (Å²) in [5, 5.41) is 0. The molecule has 0 fully saturated rings. The van der Waals surface area contributed by atoms with Gasteiger partial charge in [-0.1, -0.05) is 30.3 Å². The van der Waals surface area contributed by atoms with Gasteiger partial charge < -0.3 is 8.92 Å². The number of aldehydes is 1. The molecule has 0 aliphatic heterocycles. The van der Waals surface area contributed by atoms with E-state index in [-0.39, 0.29) is 17.9 Å². The molecule has 24 heavy (non-hydrogen) atoms. The van der Waals surface area contributed by atoms with Gasteiger partial charge in [0.2, 0.25) is 0 Å². The summed E-state index contributed by atoms with van der Waals surface area (Å²) in [5.41, 5.74) is -4.89. The normalized spacial score (nSPS) is 11.8. The predicted molar refractivity (Wildman–Crippen MR) is 78.2 cm³/mol. The number of alkyl halides is 3. The van der Waals surface area contributed by atoms with Crippen LogP contribution in [0.2, 0.25) is 0 Å². The minimum Gasteiger partial charge on any atom is -0.489 e. The van der Waals surface area contributed by atoms with E-state index in [0.717, 1.165) is 17.7 Å². The molecule has 0 N–H and O–H groups in total. The molecule has 0 aliphatic rings.